The molecule has 1 aromatic carbocycles. The van der Waals surface area contributed by atoms with Crippen LogP contribution in [0.3, 0.4) is 0 Å². The van der Waals surface area contributed by atoms with Gasteiger partial charge in [0.1, 0.15) is 11.4 Å². The zero-order valence-corrected chi connectivity index (χ0v) is 15.6. The Kier molecular flexibility index (Phi) is 4.80. The highest BCUT2D eigenvalue weighted by atomic mass is 32.1. The van der Waals surface area contributed by atoms with Gasteiger partial charge in [0.2, 0.25) is 0 Å². The highest BCUT2D eigenvalue weighted by Crippen LogP contribution is 2.26. The van der Waals surface area contributed by atoms with Crippen molar-refractivity contribution in [3.8, 4) is 16.3 Å². The maximum atomic E-state index is 13.0. The second-order valence-electron chi connectivity index (χ2n) is 6.12. The molecule has 0 aliphatic heterocycles. The van der Waals surface area contributed by atoms with Gasteiger partial charge in [-0.05, 0) is 48.2 Å². The maximum Gasteiger partial charge on any atom is 0.270 e. The lowest BCUT2D eigenvalue weighted by molar-refractivity contribution is 0.0932. The number of carbonyl (C=O) groups is 1. The van der Waals surface area contributed by atoms with E-state index in [4.69, 9.17) is 0 Å². The summed E-state index contributed by atoms with van der Waals surface area (Å²) in [6.45, 7) is 1.94. The molecule has 0 aliphatic rings. The Labute approximate surface area is 161 Å². The van der Waals surface area contributed by atoms with Crippen LogP contribution >= 0.6 is 11.3 Å². The van der Waals surface area contributed by atoms with Gasteiger partial charge in [-0.3, -0.25) is 9.78 Å². The summed E-state index contributed by atoms with van der Waals surface area (Å²) in [5.74, 6) is -0.175. The molecule has 0 radical (unpaired) electrons. The van der Waals surface area contributed by atoms with Crippen molar-refractivity contribution >= 4 is 17.2 Å². The standard InChI is InChI=1S/C21H18N4OS/c1-15(16-7-5-11-22-14-16)23-21(26)19-13-18(20-10-6-12-27-20)24-25(19)17-8-3-2-4-9-17/h2-15H,1H3,(H,23,26)/t15-/m1/s1. The van der Waals surface area contributed by atoms with Crippen molar-refractivity contribution < 1.29 is 4.79 Å². The average molecular weight is 374 g/mol. The van der Waals surface area contributed by atoms with E-state index in [1.165, 1.54) is 0 Å². The van der Waals surface area contributed by atoms with Crippen LogP contribution in [0.4, 0.5) is 0 Å². The van der Waals surface area contributed by atoms with E-state index in [2.05, 4.69) is 15.4 Å². The molecule has 134 valence electrons. The van der Waals surface area contributed by atoms with Crippen LogP contribution in [0.15, 0.2) is 78.4 Å². The van der Waals surface area contributed by atoms with Gasteiger partial charge in [0, 0.05) is 12.4 Å². The number of amides is 1. The van der Waals surface area contributed by atoms with Gasteiger partial charge in [0.15, 0.2) is 0 Å². The van der Waals surface area contributed by atoms with Crippen molar-refractivity contribution in [3.05, 3.63) is 89.7 Å². The van der Waals surface area contributed by atoms with Gasteiger partial charge in [-0.2, -0.15) is 5.10 Å². The molecule has 0 unspecified atom stereocenters. The lowest BCUT2D eigenvalue weighted by atomic mass is 10.1. The van der Waals surface area contributed by atoms with Crippen LogP contribution in [-0.4, -0.2) is 20.7 Å². The molecule has 5 nitrogen and oxygen atoms in total. The molecule has 1 N–H and O–H groups in total. The summed E-state index contributed by atoms with van der Waals surface area (Å²) in [5.41, 5.74) is 3.09. The number of hydrogen-bond donors (Lipinski definition) is 1. The Morgan fingerprint density at radius 1 is 1.11 bits per heavy atom. The van der Waals surface area contributed by atoms with Crippen LogP contribution < -0.4 is 5.32 Å². The fourth-order valence-electron chi connectivity index (χ4n) is 2.84. The number of rotatable bonds is 5. The van der Waals surface area contributed by atoms with Crippen LogP contribution in [0, 0.1) is 0 Å². The first kappa shape index (κ1) is 17.2. The van der Waals surface area contributed by atoms with Gasteiger partial charge >= 0.3 is 0 Å². The first-order valence-corrected chi connectivity index (χ1v) is 9.50. The lowest BCUT2D eigenvalue weighted by Crippen LogP contribution is -2.28. The van der Waals surface area contributed by atoms with Crippen molar-refractivity contribution in [2.24, 2.45) is 0 Å². The van der Waals surface area contributed by atoms with E-state index in [0.29, 0.717) is 5.69 Å². The van der Waals surface area contributed by atoms with Gasteiger partial charge in [-0.25, -0.2) is 4.68 Å². The normalized spacial score (nSPS) is 11.9. The molecule has 0 spiro atoms. The van der Waals surface area contributed by atoms with Crippen LogP contribution in [0.25, 0.3) is 16.3 Å². The maximum absolute atomic E-state index is 13.0. The first-order chi connectivity index (χ1) is 13.2. The SMILES string of the molecule is C[C@@H](NC(=O)c1cc(-c2cccs2)nn1-c1ccccc1)c1cccnc1. The van der Waals surface area contributed by atoms with Crippen molar-refractivity contribution in [2.45, 2.75) is 13.0 Å². The number of carbonyl (C=O) groups excluding carboxylic acids is 1. The van der Waals surface area contributed by atoms with E-state index in [1.807, 2.05) is 73.0 Å². The minimum atomic E-state index is -0.175. The Hall–Kier alpha value is -3.25. The van der Waals surface area contributed by atoms with E-state index >= 15 is 0 Å². The number of nitrogens with one attached hydrogen (secondary N) is 1. The van der Waals surface area contributed by atoms with Gasteiger partial charge in [0.25, 0.3) is 5.91 Å². The minimum absolute atomic E-state index is 0.157. The summed E-state index contributed by atoms with van der Waals surface area (Å²) in [6, 6.07) is 19.2. The number of nitrogens with zero attached hydrogens (tertiary/aromatic N) is 3. The van der Waals surface area contributed by atoms with Crippen LogP contribution in [-0.2, 0) is 0 Å². The third-order valence-corrected chi connectivity index (χ3v) is 5.14. The third-order valence-electron chi connectivity index (χ3n) is 4.25. The largest absolute Gasteiger partial charge is 0.344 e. The second kappa shape index (κ2) is 7.55. The molecule has 4 rings (SSSR count). The van der Waals surface area contributed by atoms with Gasteiger partial charge in [-0.1, -0.05) is 30.3 Å². The number of para-hydroxylation sites is 1. The van der Waals surface area contributed by atoms with Crippen LogP contribution in [0.2, 0.25) is 0 Å². The molecule has 1 atom stereocenters. The Morgan fingerprint density at radius 3 is 2.67 bits per heavy atom. The fraction of sp³-hybridized carbons (Fsp3) is 0.0952. The van der Waals surface area contributed by atoms with E-state index in [0.717, 1.165) is 21.8 Å². The molecular formula is C21H18N4OS. The Balaban J connectivity index is 1.69. The number of thiophene rings is 1. The molecule has 0 bridgehead atoms. The molecule has 3 aromatic heterocycles. The Bertz CT molecular complexity index is 1030. The van der Waals surface area contributed by atoms with E-state index in [9.17, 15) is 4.79 Å². The molecule has 27 heavy (non-hydrogen) atoms. The van der Waals surface area contributed by atoms with Crippen molar-refractivity contribution in [3.63, 3.8) is 0 Å². The lowest BCUT2D eigenvalue weighted by Gasteiger charge is -2.14. The average Bonchev–Trinajstić information content (AvgIpc) is 3.39. The topological polar surface area (TPSA) is 59.8 Å². The fourth-order valence-corrected chi connectivity index (χ4v) is 3.52. The summed E-state index contributed by atoms with van der Waals surface area (Å²) in [4.78, 5) is 18.2. The summed E-state index contributed by atoms with van der Waals surface area (Å²) >= 11 is 1.60. The number of benzene rings is 1. The molecule has 0 fully saturated rings. The zero-order valence-electron chi connectivity index (χ0n) is 14.7. The van der Waals surface area contributed by atoms with Gasteiger partial charge in [-0.15, -0.1) is 11.3 Å². The Morgan fingerprint density at radius 2 is 1.96 bits per heavy atom. The molecule has 4 aromatic rings. The van der Waals surface area contributed by atoms with Crippen molar-refractivity contribution in [1.82, 2.24) is 20.1 Å². The second-order valence-corrected chi connectivity index (χ2v) is 7.07. The summed E-state index contributed by atoms with van der Waals surface area (Å²) < 4.78 is 1.69. The smallest absolute Gasteiger partial charge is 0.270 e. The molecule has 0 saturated carbocycles. The number of pyridine rings is 1. The number of aromatic nitrogens is 3. The molecule has 0 aliphatic carbocycles. The zero-order chi connectivity index (χ0) is 18.6. The predicted octanol–water partition coefficient (Wildman–Crippen LogP) is 4.49. The molecule has 1 amide bonds. The van der Waals surface area contributed by atoms with Crippen molar-refractivity contribution in [2.75, 3.05) is 0 Å². The minimum Gasteiger partial charge on any atom is -0.344 e. The predicted molar refractivity (Wildman–Crippen MR) is 107 cm³/mol. The van der Waals surface area contributed by atoms with Crippen LogP contribution in [0.5, 0.6) is 0 Å². The molecular weight excluding hydrogens is 356 g/mol. The highest BCUT2D eigenvalue weighted by molar-refractivity contribution is 7.13. The monoisotopic (exact) mass is 374 g/mol. The summed E-state index contributed by atoms with van der Waals surface area (Å²) in [5, 5.41) is 9.72. The summed E-state index contributed by atoms with van der Waals surface area (Å²) in [6.07, 6.45) is 3.48. The van der Waals surface area contributed by atoms with E-state index in [1.54, 1.807) is 28.4 Å². The van der Waals surface area contributed by atoms with E-state index in [-0.39, 0.29) is 11.9 Å². The third kappa shape index (κ3) is 3.66. The van der Waals surface area contributed by atoms with E-state index < -0.39 is 0 Å². The number of hydrogen-bond acceptors (Lipinski definition) is 4. The van der Waals surface area contributed by atoms with Crippen LogP contribution in [0.1, 0.15) is 29.0 Å². The molecule has 6 heteroatoms. The van der Waals surface area contributed by atoms with Crippen molar-refractivity contribution in [1.29, 1.82) is 0 Å². The molecule has 3 heterocycles. The van der Waals surface area contributed by atoms with Gasteiger partial charge < -0.3 is 5.32 Å². The quantitative estimate of drug-likeness (QED) is 0.560. The highest BCUT2D eigenvalue weighted by Gasteiger charge is 2.20. The van der Waals surface area contributed by atoms with Gasteiger partial charge in [0.05, 0.1) is 16.6 Å². The first-order valence-electron chi connectivity index (χ1n) is 8.62. The summed E-state index contributed by atoms with van der Waals surface area (Å²) in [7, 11) is 0. The molecule has 0 saturated heterocycles.